The topological polar surface area (TPSA) is 43.4 Å². The van der Waals surface area contributed by atoms with Gasteiger partial charge < -0.3 is 4.18 Å². The van der Waals surface area contributed by atoms with E-state index >= 15 is 0 Å². The van der Waals surface area contributed by atoms with Crippen molar-refractivity contribution in [3.8, 4) is 16.9 Å². The highest BCUT2D eigenvalue weighted by molar-refractivity contribution is 7.88. The van der Waals surface area contributed by atoms with Gasteiger partial charge in [0, 0.05) is 15.6 Å². The van der Waals surface area contributed by atoms with Crippen molar-refractivity contribution < 1.29 is 38.9 Å². The molecule has 26 heavy (non-hydrogen) atoms. The van der Waals surface area contributed by atoms with Crippen molar-refractivity contribution in [3.63, 3.8) is 0 Å². The lowest BCUT2D eigenvalue weighted by atomic mass is 10.0. The van der Waals surface area contributed by atoms with Crippen LogP contribution in [0.25, 0.3) is 11.1 Å². The summed E-state index contributed by atoms with van der Waals surface area (Å²) in [5, 5.41) is 0.0725. The Kier molecular flexibility index (Phi) is 5.42. The third kappa shape index (κ3) is 4.54. The van der Waals surface area contributed by atoms with Crippen LogP contribution in [-0.2, 0) is 16.3 Å². The van der Waals surface area contributed by atoms with Gasteiger partial charge in [-0.05, 0) is 35.9 Å². The fourth-order valence-electron chi connectivity index (χ4n) is 1.86. The Morgan fingerprint density at radius 1 is 0.885 bits per heavy atom. The third-order valence-electron chi connectivity index (χ3n) is 2.97. The summed E-state index contributed by atoms with van der Waals surface area (Å²) in [7, 11) is -6.15. The highest BCUT2D eigenvalue weighted by Gasteiger charge is 2.48. The van der Waals surface area contributed by atoms with Crippen molar-refractivity contribution in [2.75, 3.05) is 0 Å². The highest BCUT2D eigenvalue weighted by atomic mass is 35.5. The quantitative estimate of drug-likeness (QED) is 0.340. The predicted molar refractivity (Wildman–Crippen MR) is 82.5 cm³/mol. The van der Waals surface area contributed by atoms with E-state index in [2.05, 4.69) is 4.18 Å². The van der Waals surface area contributed by atoms with E-state index in [1.54, 1.807) is 0 Å². The van der Waals surface area contributed by atoms with Crippen LogP contribution >= 0.6 is 23.2 Å². The van der Waals surface area contributed by atoms with Gasteiger partial charge in [-0.25, -0.2) is 0 Å². The van der Waals surface area contributed by atoms with Crippen LogP contribution in [0.5, 0.6) is 5.75 Å². The van der Waals surface area contributed by atoms with Crippen LogP contribution < -0.4 is 4.18 Å². The number of halogens is 8. The van der Waals surface area contributed by atoms with Crippen LogP contribution in [0.4, 0.5) is 26.3 Å². The minimum Gasteiger partial charge on any atom is -0.376 e. The van der Waals surface area contributed by atoms with Crippen LogP contribution in [0, 0.1) is 0 Å². The molecule has 0 aromatic heterocycles. The lowest BCUT2D eigenvalue weighted by molar-refractivity contribution is -0.137. The van der Waals surface area contributed by atoms with Gasteiger partial charge in [0.1, 0.15) is 5.75 Å². The molecule has 0 N–H and O–H groups in total. The molecule has 0 aliphatic carbocycles. The summed E-state index contributed by atoms with van der Waals surface area (Å²) in [6.45, 7) is 0. The van der Waals surface area contributed by atoms with Crippen molar-refractivity contribution >= 4 is 33.3 Å². The molecule has 142 valence electrons. The summed E-state index contributed by atoms with van der Waals surface area (Å²) in [6, 6.07) is 5.12. The molecule has 0 aliphatic heterocycles. The number of hydrogen-bond donors (Lipinski definition) is 0. The summed E-state index contributed by atoms with van der Waals surface area (Å²) in [5.41, 5.74) is -7.56. The molecule has 0 spiro atoms. The minimum absolute atomic E-state index is 0.0172. The molecule has 2 aromatic carbocycles. The van der Waals surface area contributed by atoms with E-state index in [1.807, 2.05) is 0 Å². The van der Waals surface area contributed by atoms with Crippen molar-refractivity contribution in [1.29, 1.82) is 0 Å². The fourth-order valence-corrected chi connectivity index (χ4v) is 2.83. The maximum Gasteiger partial charge on any atom is 0.534 e. The molecule has 0 amide bonds. The number of benzene rings is 2. The Morgan fingerprint density at radius 2 is 1.50 bits per heavy atom. The second kappa shape index (κ2) is 6.82. The van der Waals surface area contributed by atoms with Gasteiger partial charge in [-0.3, -0.25) is 0 Å². The zero-order chi connectivity index (χ0) is 19.9. The van der Waals surface area contributed by atoms with Crippen LogP contribution in [-0.4, -0.2) is 13.9 Å². The molecule has 2 rings (SSSR count). The average molecular weight is 439 g/mol. The largest absolute Gasteiger partial charge is 0.534 e. The molecule has 0 heterocycles. The Hall–Kier alpha value is -1.65. The van der Waals surface area contributed by atoms with Crippen molar-refractivity contribution in [1.82, 2.24) is 0 Å². The molecule has 2 aromatic rings. The van der Waals surface area contributed by atoms with Crippen LogP contribution in [0.2, 0.25) is 10.0 Å². The molecule has 3 nitrogen and oxygen atoms in total. The second-order valence-corrected chi connectivity index (χ2v) is 7.23. The second-order valence-electron chi connectivity index (χ2n) is 4.85. The Labute approximate surface area is 153 Å². The van der Waals surface area contributed by atoms with Gasteiger partial charge in [-0.15, -0.1) is 0 Å². The van der Waals surface area contributed by atoms with E-state index in [9.17, 15) is 34.8 Å². The SMILES string of the molecule is O=S(=O)(Oc1cc(-c2ccc(Cl)cc2Cl)cc(C(F)(F)F)c1)C(F)(F)F. The summed E-state index contributed by atoms with van der Waals surface area (Å²) < 4.78 is 102. The zero-order valence-electron chi connectivity index (χ0n) is 12.1. The van der Waals surface area contributed by atoms with E-state index in [0.29, 0.717) is 12.1 Å². The Balaban J connectivity index is 2.64. The Morgan fingerprint density at radius 3 is 2.00 bits per heavy atom. The molecule has 0 aliphatic rings. The summed E-state index contributed by atoms with van der Waals surface area (Å²) >= 11 is 11.6. The first-order chi connectivity index (χ1) is 11.7. The smallest absolute Gasteiger partial charge is 0.376 e. The van der Waals surface area contributed by atoms with Crippen LogP contribution in [0.1, 0.15) is 5.56 Å². The molecule has 12 heteroatoms. The van der Waals surface area contributed by atoms with E-state index in [4.69, 9.17) is 23.2 Å². The molecule has 0 unspecified atom stereocenters. The summed E-state index contributed by atoms with van der Waals surface area (Å²) in [4.78, 5) is 0. The fraction of sp³-hybridized carbons (Fsp3) is 0.143. The van der Waals surface area contributed by atoms with Gasteiger partial charge in [-0.1, -0.05) is 29.3 Å². The maximum atomic E-state index is 13.0. The lowest BCUT2D eigenvalue weighted by Gasteiger charge is -2.15. The Bertz CT molecular complexity index is 939. The third-order valence-corrected chi connectivity index (χ3v) is 4.49. The minimum atomic E-state index is -6.15. The van der Waals surface area contributed by atoms with E-state index in [-0.39, 0.29) is 27.2 Å². The molecule has 0 radical (unpaired) electrons. The van der Waals surface area contributed by atoms with Gasteiger partial charge in [0.15, 0.2) is 0 Å². The standard InChI is InChI=1S/C14H6Cl2F6O3S/c15-9-1-2-11(12(16)6-9)7-3-8(13(17,18)19)5-10(4-7)25-26(23,24)14(20,21)22/h1-6H. The molecule has 0 saturated carbocycles. The summed E-state index contributed by atoms with van der Waals surface area (Å²) in [6.07, 6.45) is -4.98. The maximum absolute atomic E-state index is 13.0. The predicted octanol–water partition coefficient (Wildman–Crippen LogP) is 5.91. The van der Waals surface area contributed by atoms with E-state index < -0.39 is 33.1 Å². The number of rotatable bonds is 3. The first-order valence-electron chi connectivity index (χ1n) is 6.39. The van der Waals surface area contributed by atoms with E-state index in [0.717, 1.165) is 0 Å². The first kappa shape index (κ1) is 20.7. The van der Waals surface area contributed by atoms with E-state index in [1.165, 1.54) is 18.2 Å². The monoisotopic (exact) mass is 438 g/mol. The van der Waals surface area contributed by atoms with Crippen molar-refractivity contribution in [2.24, 2.45) is 0 Å². The van der Waals surface area contributed by atoms with Crippen molar-refractivity contribution in [3.05, 3.63) is 52.0 Å². The van der Waals surface area contributed by atoms with Gasteiger partial charge in [0.05, 0.1) is 5.56 Å². The van der Waals surface area contributed by atoms with Gasteiger partial charge in [-0.2, -0.15) is 34.8 Å². The molecule has 0 bridgehead atoms. The molecular formula is C14H6Cl2F6O3S. The molecule has 0 saturated heterocycles. The molecule has 0 fully saturated rings. The average Bonchev–Trinajstić information content (AvgIpc) is 2.44. The van der Waals surface area contributed by atoms with Gasteiger partial charge in [0.25, 0.3) is 0 Å². The lowest BCUT2D eigenvalue weighted by Crippen LogP contribution is -2.28. The zero-order valence-corrected chi connectivity index (χ0v) is 14.4. The van der Waals surface area contributed by atoms with Crippen LogP contribution in [0.15, 0.2) is 36.4 Å². The summed E-state index contributed by atoms with van der Waals surface area (Å²) in [5.74, 6) is -1.17. The van der Waals surface area contributed by atoms with Gasteiger partial charge >= 0.3 is 21.8 Å². The van der Waals surface area contributed by atoms with Crippen LogP contribution in [0.3, 0.4) is 0 Å². The number of alkyl halides is 6. The highest BCUT2D eigenvalue weighted by Crippen LogP contribution is 2.39. The van der Waals surface area contributed by atoms with Gasteiger partial charge in [0.2, 0.25) is 0 Å². The molecule has 0 atom stereocenters. The first-order valence-corrected chi connectivity index (χ1v) is 8.55. The van der Waals surface area contributed by atoms with Crippen molar-refractivity contribution in [2.45, 2.75) is 11.7 Å². The molecular weight excluding hydrogens is 433 g/mol. The number of hydrogen-bond acceptors (Lipinski definition) is 3. The normalized spacial score (nSPS) is 12.9.